The topological polar surface area (TPSA) is 55.4 Å². The fourth-order valence-electron chi connectivity index (χ4n) is 1.38. The largest absolute Gasteiger partial charge is 0.453 e. The van der Waals surface area contributed by atoms with Gasteiger partial charge in [0.25, 0.3) is 0 Å². The summed E-state index contributed by atoms with van der Waals surface area (Å²) in [6.07, 6.45) is 1.19. The van der Waals surface area contributed by atoms with Gasteiger partial charge in [-0.15, -0.1) is 0 Å². The van der Waals surface area contributed by atoms with E-state index in [4.69, 9.17) is 0 Å². The second-order valence-electron chi connectivity index (χ2n) is 4.02. The summed E-state index contributed by atoms with van der Waals surface area (Å²) in [5.74, 6) is 0.450. The molecule has 1 atom stereocenters. The molecule has 1 unspecified atom stereocenters. The van der Waals surface area contributed by atoms with E-state index in [1.54, 1.807) is 0 Å². The highest BCUT2D eigenvalue weighted by atomic mass is 16.5. The van der Waals surface area contributed by atoms with Gasteiger partial charge in [-0.3, -0.25) is 4.79 Å². The van der Waals surface area contributed by atoms with Crippen LogP contribution >= 0.6 is 0 Å². The lowest BCUT2D eigenvalue weighted by Crippen LogP contribution is -2.25. The van der Waals surface area contributed by atoms with Crippen molar-refractivity contribution in [3.63, 3.8) is 0 Å². The number of methoxy groups -OCH3 is 1. The van der Waals surface area contributed by atoms with Crippen LogP contribution in [0.5, 0.6) is 0 Å². The molecule has 0 aromatic heterocycles. The normalized spacial score (nSPS) is 12.3. The van der Waals surface area contributed by atoms with E-state index in [1.165, 1.54) is 7.11 Å². The molecule has 0 rings (SSSR count). The molecule has 0 aliphatic heterocycles. The standard InChI is InChI=1S/C11H21NO3/c1-8(2)10(13)9(3)6-5-7-12-11(14)15-4/h8-9H,5-7H2,1-4H3,(H,12,14). The van der Waals surface area contributed by atoms with E-state index in [2.05, 4.69) is 10.1 Å². The molecule has 0 aliphatic rings. The Morgan fingerprint density at radius 3 is 2.33 bits per heavy atom. The van der Waals surface area contributed by atoms with Crippen molar-refractivity contribution < 1.29 is 14.3 Å². The lowest BCUT2D eigenvalue weighted by molar-refractivity contribution is -0.125. The van der Waals surface area contributed by atoms with Gasteiger partial charge in [0.05, 0.1) is 7.11 Å². The maximum atomic E-state index is 11.5. The van der Waals surface area contributed by atoms with Crippen LogP contribution in [-0.2, 0) is 9.53 Å². The van der Waals surface area contributed by atoms with Gasteiger partial charge in [0.1, 0.15) is 5.78 Å². The van der Waals surface area contributed by atoms with Gasteiger partial charge < -0.3 is 10.1 Å². The number of ketones is 1. The highest BCUT2D eigenvalue weighted by molar-refractivity contribution is 5.82. The van der Waals surface area contributed by atoms with Crippen molar-refractivity contribution in [1.82, 2.24) is 5.32 Å². The second kappa shape index (κ2) is 7.26. The molecule has 0 radical (unpaired) electrons. The van der Waals surface area contributed by atoms with Crippen LogP contribution in [0, 0.1) is 11.8 Å². The Bertz CT molecular complexity index is 214. The minimum Gasteiger partial charge on any atom is -0.453 e. The molecule has 0 fully saturated rings. The van der Waals surface area contributed by atoms with Crippen molar-refractivity contribution in [2.24, 2.45) is 11.8 Å². The molecule has 0 saturated carbocycles. The number of carbonyl (C=O) groups excluding carboxylic acids is 2. The smallest absolute Gasteiger partial charge is 0.406 e. The first-order valence-corrected chi connectivity index (χ1v) is 5.34. The number of alkyl carbamates (subject to hydrolysis) is 1. The number of Topliss-reactive ketones (excluding diaryl/α,β-unsaturated/α-hetero) is 1. The van der Waals surface area contributed by atoms with E-state index in [0.29, 0.717) is 6.54 Å². The molecule has 0 bridgehead atoms. The predicted octanol–water partition coefficient (Wildman–Crippen LogP) is 1.98. The Morgan fingerprint density at radius 1 is 1.27 bits per heavy atom. The maximum Gasteiger partial charge on any atom is 0.406 e. The van der Waals surface area contributed by atoms with Crippen LogP contribution in [0.3, 0.4) is 0 Å². The minimum atomic E-state index is -0.419. The zero-order valence-electron chi connectivity index (χ0n) is 10.0. The summed E-state index contributed by atoms with van der Waals surface area (Å²) in [5, 5.41) is 2.58. The van der Waals surface area contributed by atoms with Gasteiger partial charge in [0.2, 0.25) is 0 Å². The van der Waals surface area contributed by atoms with Crippen LogP contribution < -0.4 is 5.32 Å². The summed E-state index contributed by atoms with van der Waals surface area (Å²) in [6.45, 7) is 6.31. The average Bonchev–Trinajstić information content (AvgIpc) is 2.22. The second-order valence-corrected chi connectivity index (χ2v) is 4.02. The fourth-order valence-corrected chi connectivity index (χ4v) is 1.38. The van der Waals surface area contributed by atoms with E-state index in [-0.39, 0.29) is 17.6 Å². The van der Waals surface area contributed by atoms with Gasteiger partial charge in [-0.25, -0.2) is 4.79 Å². The van der Waals surface area contributed by atoms with Crippen LogP contribution in [0.4, 0.5) is 4.79 Å². The third kappa shape index (κ3) is 6.10. The Kier molecular flexibility index (Phi) is 6.75. The van der Waals surface area contributed by atoms with E-state index in [1.807, 2.05) is 20.8 Å². The van der Waals surface area contributed by atoms with Gasteiger partial charge in [0, 0.05) is 18.4 Å². The molecule has 4 nitrogen and oxygen atoms in total. The Hall–Kier alpha value is -1.06. The van der Waals surface area contributed by atoms with E-state index in [0.717, 1.165) is 12.8 Å². The molecular formula is C11H21NO3. The molecule has 0 spiro atoms. The zero-order valence-corrected chi connectivity index (χ0v) is 10.0. The highest BCUT2D eigenvalue weighted by Crippen LogP contribution is 2.11. The monoisotopic (exact) mass is 215 g/mol. The summed E-state index contributed by atoms with van der Waals surface area (Å²) >= 11 is 0. The molecule has 1 amide bonds. The predicted molar refractivity (Wildman–Crippen MR) is 58.7 cm³/mol. The van der Waals surface area contributed by atoms with Crippen molar-refractivity contribution >= 4 is 11.9 Å². The SMILES string of the molecule is COC(=O)NCCCC(C)C(=O)C(C)C. The van der Waals surface area contributed by atoms with Crippen LogP contribution in [0.15, 0.2) is 0 Å². The number of carbonyl (C=O) groups is 2. The molecule has 88 valence electrons. The number of amides is 1. The maximum absolute atomic E-state index is 11.5. The summed E-state index contributed by atoms with van der Waals surface area (Å²) in [5.41, 5.74) is 0. The first-order chi connectivity index (χ1) is 6.99. The first kappa shape index (κ1) is 13.9. The van der Waals surface area contributed by atoms with Crippen LogP contribution in [0.25, 0.3) is 0 Å². The molecule has 0 aromatic rings. The lowest BCUT2D eigenvalue weighted by Gasteiger charge is -2.12. The summed E-state index contributed by atoms with van der Waals surface area (Å²) < 4.78 is 4.43. The Morgan fingerprint density at radius 2 is 1.87 bits per heavy atom. The Labute approximate surface area is 91.4 Å². The van der Waals surface area contributed by atoms with Gasteiger partial charge in [0.15, 0.2) is 0 Å². The quantitative estimate of drug-likeness (QED) is 0.689. The van der Waals surface area contributed by atoms with Crippen LogP contribution in [0.2, 0.25) is 0 Å². The van der Waals surface area contributed by atoms with Crippen molar-refractivity contribution in [2.75, 3.05) is 13.7 Å². The van der Waals surface area contributed by atoms with Crippen molar-refractivity contribution in [3.8, 4) is 0 Å². The van der Waals surface area contributed by atoms with E-state index >= 15 is 0 Å². The van der Waals surface area contributed by atoms with Gasteiger partial charge in [-0.1, -0.05) is 20.8 Å². The molecule has 0 saturated heterocycles. The number of hydrogen-bond donors (Lipinski definition) is 1. The molecule has 1 N–H and O–H groups in total. The highest BCUT2D eigenvalue weighted by Gasteiger charge is 2.15. The lowest BCUT2D eigenvalue weighted by atomic mass is 9.93. The van der Waals surface area contributed by atoms with Gasteiger partial charge in [-0.2, -0.15) is 0 Å². The zero-order chi connectivity index (χ0) is 11.8. The summed E-state index contributed by atoms with van der Waals surface area (Å²) in [6, 6.07) is 0. The van der Waals surface area contributed by atoms with Crippen molar-refractivity contribution in [3.05, 3.63) is 0 Å². The van der Waals surface area contributed by atoms with Gasteiger partial charge in [-0.05, 0) is 12.8 Å². The minimum absolute atomic E-state index is 0.0736. The molecule has 4 heteroatoms. The molecule has 15 heavy (non-hydrogen) atoms. The molecular weight excluding hydrogens is 194 g/mol. The van der Waals surface area contributed by atoms with E-state index in [9.17, 15) is 9.59 Å². The number of hydrogen-bond acceptors (Lipinski definition) is 3. The first-order valence-electron chi connectivity index (χ1n) is 5.34. The van der Waals surface area contributed by atoms with Gasteiger partial charge >= 0.3 is 6.09 Å². The summed E-state index contributed by atoms with van der Waals surface area (Å²) in [4.78, 5) is 22.2. The molecule has 0 aromatic carbocycles. The van der Waals surface area contributed by atoms with Crippen molar-refractivity contribution in [1.29, 1.82) is 0 Å². The number of ether oxygens (including phenoxy) is 1. The Balaban J connectivity index is 3.59. The average molecular weight is 215 g/mol. The fraction of sp³-hybridized carbons (Fsp3) is 0.818. The molecule has 0 aliphatic carbocycles. The van der Waals surface area contributed by atoms with E-state index < -0.39 is 6.09 Å². The third-order valence-corrected chi connectivity index (χ3v) is 2.32. The molecule has 0 heterocycles. The van der Waals surface area contributed by atoms with Crippen molar-refractivity contribution in [2.45, 2.75) is 33.6 Å². The summed E-state index contributed by atoms with van der Waals surface area (Å²) in [7, 11) is 1.33. The number of rotatable bonds is 6. The van der Waals surface area contributed by atoms with Crippen LogP contribution in [-0.4, -0.2) is 25.5 Å². The van der Waals surface area contributed by atoms with Crippen LogP contribution in [0.1, 0.15) is 33.6 Å². The number of nitrogens with one attached hydrogen (secondary N) is 1. The third-order valence-electron chi connectivity index (χ3n) is 2.32.